The van der Waals surface area contributed by atoms with E-state index in [1.165, 1.54) is 17.0 Å². The van der Waals surface area contributed by atoms with Crippen molar-refractivity contribution in [3.63, 3.8) is 0 Å². The van der Waals surface area contributed by atoms with Crippen molar-refractivity contribution in [1.29, 1.82) is 0 Å². The highest BCUT2D eigenvalue weighted by molar-refractivity contribution is 6.74. The lowest BCUT2D eigenvalue weighted by Gasteiger charge is -2.37. The molecule has 0 radical (unpaired) electrons. The first-order valence-corrected chi connectivity index (χ1v) is 12.5. The maximum atomic E-state index is 12.7. The number of carboxylic acid groups (broad SMARTS) is 1. The number of carbonyl (C=O) groups is 2. The summed E-state index contributed by atoms with van der Waals surface area (Å²) < 4.78 is 7.62. The molecule has 1 fully saturated rings. The highest BCUT2D eigenvalue weighted by Crippen LogP contribution is 2.44. The molecule has 0 unspecified atom stereocenters. The van der Waals surface area contributed by atoms with E-state index in [0.717, 1.165) is 0 Å². The molecular formula is C17H29N7O5Si. The van der Waals surface area contributed by atoms with Gasteiger partial charge in [-0.1, -0.05) is 25.9 Å². The molecule has 30 heavy (non-hydrogen) atoms. The summed E-state index contributed by atoms with van der Waals surface area (Å²) in [5.41, 5.74) is 3.56. The summed E-state index contributed by atoms with van der Waals surface area (Å²) in [6, 6.07) is -1.93. The zero-order valence-electron chi connectivity index (χ0n) is 18.2. The Bertz CT molecular complexity index is 894. The van der Waals surface area contributed by atoms with Crippen molar-refractivity contribution in [2.24, 2.45) is 12.2 Å². The summed E-state index contributed by atoms with van der Waals surface area (Å²) >= 11 is 0. The van der Waals surface area contributed by atoms with Gasteiger partial charge in [-0.15, -0.1) is 0 Å². The van der Waals surface area contributed by atoms with Crippen LogP contribution in [0.15, 0.2) is 11.4 Å². The van der Waals surface area contributed by atoms with E-state index in [1.807, 2.05) is 13.1 Å². The number of fused-ring (bicyclic) bond motifs is 4. The summed E-state index contributed by atoms with van der Waals surface area (Å²) in [5, 5.41) is 29.9. The molecule has 0 spiro atoms. The predicted octanol–water partition coefficient (Wildman–Crippen LogP) is 2.09. The van der Waals surface area contributed by atoms with Crippen molar-refractivity contribution in [3.8, 4) is 0 Å². The second-order valence-electron chi connectivity index (χ2n) is 9.08. The molecule has 2 aliphatic rings. The van der Waals surface area contributed by atoms with E-state index in [1.54, 1.807) is 17.9 Å². The van der Waals surface area contributed by atoms with Gasteiger partial charge in [0.1, 0.15) is 12.1 Å². The summed E-state index contributed by atoms with van der Waals surface area (Å²) in [4.78, 5) is 25.5. The van der Waals surface area contributed by atoms with Gasteiger partial charge in [0.15, 0.2) is 5.84 Å². The van der Waals surface area contributed by atoms with Crippen LogP contribution in [-0.2, 0) is 11.6 Å². The minimum Gasteiger partial charge on any atom is -0.464 e. The number of carbonyl (C=O) groups excluding carboxylic acids is 1. The quantitative estimate of drug-likeness (QED) is 0.216. The highest BCUT2D eigenvalue weighted by atomic mass is 28.4. The minimum atomic E-state index is -2.33. The molecule has 0 aromatic carbocycles. The molecule has 2 aliphatic heterocycles. The topological polar surface area (TPSA) is 136 Å². The third-order valence-corrected chi connectivity index (χ3v) is 10.2. The zero-order valence-corrected chi connectivity index (χ0v) is 19.2. The number of amidine groups is 1. The molecule has 166 valence electrons. The molecule has 3 rings (SSSR count). The van der Waals surface area contributed by atoms with E-state index < -0.39 is 32.5 Å². The van der Waals surface area contributed by atoms with Crippen LogP contribution in [0.4, 0.5) is 9.59 Å². The summed E-state index contributed by atoms with van der Waals surface area (Å²) in [6.45, 7) is 10.4. The number of likely N-dealkylation sites (N-methyl/N-ethyl adjacent to an activating group) is 1. The molecular weight excluding hydrogens is 410 g/mol. The number of urea groups is 1. The van der Waals surface area contributed by atoms with Crippen molar-refractivity contribution in [2.45, 2.75) is 51.0 Å². The Labute approximate surface area is 175 Å². The van der Waals surface area contributed by atoms with Crippen molar-refractivity contribution in [1.82, 2.24) is 30.2 Å². The van der Waals surface area contributed by atoms with Gasteiger partial charge in [0.25, 0.3) is 8.32 Å². The van der Waals surface area contributed by atoms with Crippen LogP contribution in [0.25, 0.3) is 0 Å². The van der Waals surface area contributed by atoms with E-state index in [-0.39, 0.29) is 17.4 Å². The molecule has 3 amide bonds. The number of amides is 3. The maximum Gasteiger partial charge on any atom is 0.423 e. The molecule has 12 nitrogen and oxygen atoms in total. The Morgan fingerprint density at radius 3 is 2.63 bits per heavy atom. The first-order valence-electron chi connectivity index (χ1n) is 9.56. The first-order chi connectivity index (χ1) is 13.8. The van der Waals surface area contributed by atoms with Crippen molar-refractivity contribution < 1.29 is 24.4 Å². The monoisotopic (exact) mass is 439 g/mol. The van der Waals surface area contributed by atoms with Crippen LogP contribution in [0.2, 0.25) is 18.1 Å². The predicted molar refractivity (Wildman–Crippen MR) is 109 cm³/mol. The molecule has 3 N–H and O–H groups in total. The Balaban J connectivity index is 2.11. The fraction of sp³-hybridized carbons (Fsp3) is 0.647. The smallest absolute Gasteiger partial charge is 0.423 e. The summed E-state index contributed by atoms with van der Waals surface area (Å²) in [5.74, 6) is 0.175. The minimum absolute atomic E-state index is 0.138. The van der Waals surface area contributed by atoms with Crippen molar-refractivity contribution in [3.05, 3.63) is 17.5 Å². The fourth-order valence-corrected chi connectivity index (χ4v) is 3.91. The maximum absolute atomic E-state index is 12.7. The van der Waals surface area contributed by atoms with Crippen LogP contribution < -0.4 is 5.43 Å². The van der Waals surface area contributed by atoms with Gasteiger partial charge in [-0.05, 0) is 18.1 Å². The molecule has 3 heterocycles. The summed E-state index contributed by atoms with van der Waals surface area (Å²) in [7, 11) is 0.877. The van der Waals surface area contributed by atoms with Crippen molar-refractivity contribution in [2.75, 3.05) is 13.6 Å². The Kier molecular flexibility index (Phi) is 5.23. The average molecular weight is 440 g/mol. The number of nitrogens with one attached hydrogen (secondary N) is 1. The van der Waals surface area contributed by atoms with E-state index >= 15 is 0 Å². The average Bonchev–Trinajstić information content (AvgIpc) is 3.10. The largest absolute Gasteiger partial charge is 0.464 e. The number of oxime groups is 1. The number of rotatable bonds is 3. The van der Waals surface area contributed by atoms with E-state index in [0.29, 0.717) is 16.3 Å². The first kappa shape index (κ1) is 21.9. The highest BCUT2D eigenvalue weighted by Gasteiger charge is 2.52. The molecule has 2 bridgehead atoms. The molecule has 1 aromatic heterocycles. The Morgan fingerprint density at radius 1 is 1.43 bits per heavy atom. The van der Waals surface area contributed by atoms with Crippen LogP contribution in [0, 0.1) is 0 Å². The van der Waals surface area contributed by atoms with Gasteiger partial charge < -0.3 is 14.5 Å². The second-order valence-corrected chi connectivity index (χ2v) is 13.8. The normalized spacial score (nSPS) is 21.6. The third kappa shape index (κ3) is 3.47. The second kappa shape index (κ2) is 7.16. The lowest BCUT2D eigenvalue weighted by atomic mass is 9.97. The lowest BCUT2D eigenvalue weighted by Crippen LogP contribution is -2.51. The van der Waals surface area contributed by atoms with Gasteiger partial charge in [-0.25, -0.2) is 15.0 Å². The number of hydroxylamine groups is 2. The molecule has 1 saturated heterocycles. The number of nitrogens with zero attached hydrogens (tertiary/aromatic N) is 6. The van der Waals surface area contributed by atoms with E-state index in [4.69, 9.17) is 4.53 Å². The number of aryl methyl sites for hydroxylation is 1. The van der Waals surface area contributed by atoms with Gasteiger partial charge in [0.05, 0.1) is 18.4 Å². The standard InChI is InChI=1S/C17H29N7O5Si/c1-17(2,3)30(6,7)29-20-14(22(5)19-15(25)26)13-12-10(8-18-21(12)4)11-9-23(13)16(27)24(11)28/h8,11,13,19,28H,9H2,1-7H3,(H,25,26)/b20-14-/t11-,13-/m0/s1. The lowest BCUT2D eigenvalue weighted by molar-refractivity contribution is -0.0586. The molecule has 13 heteroatoms. The van der Waals surface area contributed by atoms with Crippen LogP contribution >= 0.6 is 0 Å². The van der Waals surface area contributed by atoms with Crippen LogP contribution in [-0.4, -0.2) is 74.9 Å². The molecule has 2 atom stereocenters. The molecule has 0 aliphatic carbocycles. The molecule has 0 saturated carbocycles. The molecule has 1 aromatic rings. The number of aromatic nitrogens is 2. The van der Waals surface area contributed by atoms with Gasteiger partial charge in [0.2, 0.25) is 0 Å². The van der Waals surface area contributed by atoms with Gasteiger partial charge in [0, 0.05) is 19.7 Å². The van der Waals surface area contributed by atoms with Crippen LogP contribution in [0.1, 0.15) is 44.1 Å². The van der Waals surface area contributed by atoms with E-state index in [2.05, 4.69) is 36.5 Å². The number of hydrogen-bond donors (Lipinski definition) is 3. The Hall–Kier alpha value is -2.80. The van der Waals surface area contributed by atoms with Crippen LogP contribution in [0.3, 0.4) is 0 Å². The van der Waals surface area contributed by atoms with Crippen LogP contribution in [0.5, 0.6) is 0 Å². The SMILES string of the molecule is CN(NC(=O)O)/C(=N\O[Si](C)(C)C(C)(C)C)[C@@H]1c2c(cnn2C)[C@@H]2CN1C(=O)N2O. The third-order valence-electron chi connectivity index (χ3n) is 6.08. The Morgan fingerprint density at radius 2 is 2.07 bits per heavy atom. The fourth-order valence-electron chi connectivity index (χ4n) is 3.31. The van der Waals surface area contributed by atoms with Gasteiger partial charge in [-0.3, -0.25) is 14.9 Å². The summed E-state index contributed by atoms with van der Waals surface area (Å²) in [6.07, 6.45) is 0.316. The van der Waals surface area contributed by atoms with E-state index in [9.17, 15) is 19.9 Å². The van der Waals surface area contributed by atoms with Gasteiger partial charge in [-0.2, -0.15) is 10.2 Å². The van der Waals surface area contributed by atoms with Crippen molar-refractivity contribution >= 4 is 26.3 Å². The zero-order chi connectivity index (χ0) is 22.6. The number of hydrogen-bond acceptors (Lipinski definition) is 6. The van der Waals surface area contributed by atoms with Gasteiger partial charge >= 0.3 is 12.1 Å². The number of hydrazine groups is 1.